The zero-order chi connectivity index (χ0) is 26.9. The molecule has 6 rings (SSSR count). The van der Waals surface area contributed by atoms with Crippen molar-refractivity contribution in [3.8, 4) is 0 Å². The fraction of sp³-hybridized carbons (Fsp3) is 0.481. The molecule has 1 aromatic carbocycles. The summed E-state index contributed by atoms with van der Waals surface area (Å²) in [5, 5.41) is 13.0. The highest BCUT2D eigenvalue weighted by atomic mass is 19.1. The normalized spacial score (nSPS) is 16.5. The Morgan fingerprint density at radius 3 is 2.59 bits per heavy atom. The Morgan fingerprint density at radius 2 is 1.85 bits per heavy atom. The van der Waals surface area contributed by atoms with E-state index in [0.717, 1.165) is 51.7 Å². The average molecular weight is 536 g/mol. The number of carbonyl (C=O) groups is 1. The number of benzene rings is 1. The molecular weight excluding hydrogens is 504 g/mol. The van der Waals surface area contributed by atoms with E-state index in [-0.39, 0.29) is 18.4 Å². The van der Waals surface area contributed by atoms with Gasteiger partial charge in [0.05, 0.1) is 17.6 Å². The summed E-state index contributed by atoms with van der Waals surface area (Å²) in [6, 6.07) is 4.57. The molecule has 0 saturated carbocycles. The van der Waals surface area contributed by atoms with Gasteiger partial charge in [0.25, 0.3) is 11.9 Å². The molecule has 0 N–H and O–H groups in total. The number of rotatable bonds is 7. The Labute approximate surface area is 224 Å². The summed E-state index contributed by atoms with van der Waals surface area (Å²) < 4.78 is 32.2. The summed E-state index contributed by atoms with van der Waals surface area (Å²) in [6.45, 7) is 5.63. The second-order valence-electron chi connectivity index (χ2n) is 10.3. The van der Waals surface area contributed by atoms with Gasteiger partial charge >= 0.3 is 0 Å². The minimum absolute atomic E-state index is 0.0503. The number of aryl methyl sites for hydroxylation is 1. The number of hydrogen-bond acceptors (Lipinski definition) is 7. The van der Waals surface area contributed by atoms with Crippen molar-refractivity contribution in [1.29, 1.82) is 0 Å². The quantitative estimate of drug-likeness (QED) is 0.355. The number of piperidine rings is 1. The van der Waals surface area contributed by atoms with Gasteiger partial charge in [-0.2, -0.15) is 4.80 Å². The predicted octanol–water partition coefficient (Wildman–Crippen LogP) is 3.77. The fourth-order valence-corrected chi connectivity index (χ4v) is 5.62. The molecule has 3 aromatic heterocycles. The van der Waals surface area contributed by atoms with E-state index >= 15 is 8.78 Å². The molecule has 1 amide bonds. The lowest BCUT2D eigenvalue weighted by molar-refractivity contribution is 0.0792. The highest BCUT2D eigenvalue weighted by molar-refractivity contribution is 5.94. The van der Waals surface area contributed by atoms with Crippen molar-refractivity contribution >= 4 is 22.9 Å². The number of amides is 1. The van der Waals surface area contributed by atoms with Crippen LogP contribution in [0.4, 0.5) is 14.7 Å². The first-order valence-corrected chi connectivity index (χ1v) is 13.6. The molecule has 39 heavy (non-hydrogen) atoms. The van der Waals surface area contributed by atoms with E-state index < -0.39 is 11.6 Å². The Morgan fingerprint density at radius 1 is 1.05 bits per heavy atom. The van der Waals surface area contributed by atoms with E-state index in [1.165, 1.54) is 18.6 Å². The number of anilines is 1. The first kappa shape index (κ1) is 25.3. The van der Waals surface area contributed by atoms with Crippen molar-refractivity contribution < 1.29 is 13.6 Å². The lowest BCUT2D eigenvalue weighted by Gasteiger charge is -2.31. The SMILES string of the molecule is CCCn1nnc(N2CCC(n3cc(F)c4c(Cc5ccc(C(=O)N6CCCC6)cc5F)ncnc43)CC2)n1. The zero-order valence-corrected chi connectivity index (χ0v) is 21.9. The number of nitrogens with zero attached hydrogens (tertiary/aromatic N) is 9. The van der Waals surface area contributed by atoms with E-state index in [0.29, 0.717) is 46.9 Å². The molecule has 0 aliphatic carbocycles. The van der Waals surface area contributed by atoms with Gasteiger partial charge in [0.15, 0.2) is 5.82 Å². The number of halogens is 2. The molecule has 204 valence electrons. The zero-order valence-electron chi connectivity index (χ0n) is 21.9. The van der Waals surface area contributed by atoms with Crippen LogP contribution in [0.3, 0.4) is 0 Å². The number of aromatic nitrogens is 7. The molecule has 4 aromatic rings. The van der Waals surface area contributed by atoms with Crippen LogP contribution in [0.2, 0.25) is 0 Å². The highest BCUT2D eigenvalue weighted by Crippen LogP contribution is 2.31. The maximum absolute atomic E-state index is 15.3. The first-order chi connectivity index (χ1) is 19.0. The van der Waals surface area contributed by atoms with E-state index in [9.17, 15) is 4.79 Å². The third kappa shape index (κ3) is 4.95. The summed E-state index contributed by atoms with van der Waals surface area (Å²) in [5.74, 6) is -0.458. The second kappa shape index (κ2) is 10.7. The molecule has 10 nitrogen and oxygen atoms in total. The summed E-state index contributed by atoms with van der Waals surface area (Å²) >= 11 is 0. The van der Waals surface area contributed by atoms with Crippen LogP contribution in [0.25, 0.3) is 11.0 Å². The van der Waals surface area contributed by atoms with Crippen LogP contribution < -0.4 is 4.90 Å². The van der Waals surface area contributed by atoms with Crippen molar-refractivity contribution in [3.05, 3.63) is 59.2 Å². The minimum atomic E-state index is -0.497. The molecule has 2 aliphatic rings. The topological polar surface area (TPSA) is 97.9 Å². The van der Waals surface area contributed by atoms with Crippen LogP contribution >= 0.6 is 0 Å². The maximum Gasteiger partial charge on any atom is 0.266 e. The predicted molar refractivity (Wildman–Crippen MR) is 140 cm³/mol. The van der Waals surface area contributed by atoms with Gasteiger partial charge in [-0.1, -0.05) is 18.1 Å². The molecule has 2 fully saturated rings. The van der Waals surface area contributed by atoms with Crippen LogP contribution in [0.5, 0.6) is 0 Å². The van der Waals surface area contributed by atoms with Gasteiger partial charge in [0.1, 0.15) is 17.8 Å². The Bertz CT molecular complexity index is 1490. The summed E-state index contributed by atoms with van der Waals surface area (Å²) in [6.07, 6.45) is 7.40. The number of likely N-dealkylation sites (tertiary alicyclic amines) is 1. The van der Waals surface area contributed by atoms with Crippen LogP contribution in [0, 0.1) is 11.6 Å². The first-order valence-electron chi connectivity index (χ1n) is 13.6. The largest absolute Gasteiger partial charge is 0.339 e. The van der Waals surface area contributed by atoms with Crippen molar-refractivity contribution in [1.82, 2.24) is 39.6 Å². The van der Waals surface area contributed by atoms with E-state index in [4.69, 9.17) is 0 Å². The van der Waals surface area contributed by atoms with Gasteiger partial charge in [-0.15, -0.1) is 5.10 Å². The van der Waals surface area contributed by atoms with Crippen molar-refractivity contribution in [2.45, 2.75) is 58.0 Å². The molecule has 2 aliphatic heterocycles. The lowest BCUT2D eigenvalue weighted by atomic mass is 10.0. The van der Waals surface area contributed by atoms with Crippen LogP contribution in [0.1, 0.15) is 66.7 Å². The minimum Gasteiger partial charge on any atom is -0.339 e. The molecule has 0 atom stereocenters. The molecule has 0 unspecified atom stereocenters. The summed E-state index contributed by atoms with van der Waals surface area (Å²) in [4.78, 5) is 26.8. The number of carbonyl (C=O) groups excluding carboxylic acids is 1. The number of tetrazole rings is 1. The molecule has 0 radical (unpaired) electrons. The molecular formula is C27H31F2N9O. The molecule has 12 heteroatoms. The van der Waals surface area contributed by atoms with Crippen LogP contribution in [-0.2, 0) is 13.0 Å². The maximum atomic E-state index is 15.3. The average Bonchev–Trinajstić information content (AvgIpc) is 3.71. The fourth-order valence-electron chi connectivity index (χ4n) is 5.62. The lowest BCUT2D eigenvalue weighted by Crippen LogP contribution is -2.35. The van der Waals surface area contributed by atoms with Gasteiger partial charge in [-0.25, -0.2) is 18.7 Å². The summed E-state index contributed by atoms with van der Waals surface area (Å²) in [5.41, 5.74) is 1.61. The van der Waals surface area contributed by atoms with Crippen molar-refractivity contribution in [3.63, 3.8) is 0 Å². The van der Waals surface area contributed by atoms with Gasteiger partial charge < -0.3 is 14.4 Å². The van der Waals surface area contributed by atoms with E-state index in [1.54, 1.807) is 21.8 Å². The Kier molecular flexibility index (Phi) is 6.92. The van der Waals surface area contributed by atoms with Gasteiger partial charge in [-0.05, 0) is 55.0 Å². The number of hydrogen-bond donors (Lipinski definition) is 0. The van der Waals surface area contributed by atoms with Crippen molar-refractivity contribution in [2.24, 2.45) is 0 Å². The third-order valence-electron chi connectivity index (χ3n) is 7.70. The smallest absolute Gasteiger partial charge is 0.266 e. The number of fused-ring (bicyclic) bond motifs is 1. The molecule has 2 saturated heterocycles. The second-order valence-corrected chi connectivity index (χ2v) is 10.3. The van der Waals surface area contributed by atoms with E-state index in [1.807, 2.05) is 4.57 Å². The monoisotopic (exact) mass is 535 g/mol. The van der Waals surface area contributed by atoms with Gasteiger partial charge in [-0.3, -0.25) is 4.79 Å². The molecule has 5 heterocycles. The standard InChI is InChI=1S/C27H31F2N9O/c1-2-9-38-33-27(32-34-38)36-12-7-20(8-13-36)37-16-22(29)24-23(30-17-31-25(24)37)15-18-5-6-19(14-21(18)28)26(39)35-10-3-4-11-35/h5-6,14,16-17,20H,2-4,7-13,15H2,1H3. The van der Waals surface area contributed by atoms with E-state index in [2.05, 4.69) is 37.2 Å². The van der Waals surface area contributed by atoms with Gasteiger partial charge in [0, 0.05) is 50.4 Å². The Balaban J connectivity index is 1.19. The van der Waals surface area contributed by atoms with Crippen LogP contribution in [-0.4, -0.2) is 71.7 Å². The summed E-state index contributed by atoms with van der Waals surface area (Å²) in [7, 11) is 0. The van der Waals surface area contributed by atoms with Crippen molar-refractivity contribution in [2.75, 3.05) is 31.1 Å². The highest BCUT2D eigenvalue weighted by Gasteiger charge is 2.27. The molecule has 0 bridgehead atoms. The van der Waals surface area contributed by atoms with Crippen LogP contribution in [0.15, 0.2) is 30.7 Å². The Hall–Kier alpha value is -3.96. The third-order valence-corrected chi connectivity index (χ3v) is 7.70. The van der Waals surface area contributed by atoms with Gasteiger partial charge in [0.2, 0.25) is 0 Å². The molecule has 0 spiro atoms.